The van der Waals surface area contributed by atoms with Gasteiger partial charge in [-0.05, 0) is 42.8 Å². The number of fused-ring (bicyclic) bond motifs is 2. The highest BCUT2D eigenvalue weighted by atomic mass is 32.2. The van der Waals surface area contributed by atoms with Crippen LogP contribution in [-0.2, 0) is 27.1 Å². The van der Waals surface area contributed by atoms with Crippen molar-refractivity contribution in [2.24, 2.45) is 0 Å². The molecule has 1 aliphatic heterocycles. The molecule has 0 saturated carbocycles. The summed E-state index contributed by atoms with van der Waals surface area (Å²) < 4.78 is 36.3. The second-order valence-electron chi connectivity index (χ2n) is 8.13. The molecule has 0 saturated heterocycles. The molecule has 0 radical (unpaired) electrons. The lowest BCUT2D eigenvalue weighted by Crippen LogP contribution is -2.49. The molecule has 0 spiro atoms. The third kappa shape index (κ3) is 4.54. The number of rotatable bonds is 6. The Bertz CT molecular complexity index is 1560. The molecule has 0 bridgehead atoms. The van der Waals surface area contributed by atoms with Gasteiger partial charge in [-0.3, -0.25) is 18.5 Å². The number of benzene rings is 3. The maximum absolute atomic E-state index is 13.4. The number of hydrogen-bond acceptors (Lipinski definition) is 6. The Morgan fingerprint density at radius 1 is 1.09 bits per heavy atom. The Balaban J connectivity index is 1.41. The molecule has 1 atom stereocenters. The molecule has 4 aromatic rings. The topological polar surface area (TPSA) is 97.7 Å². The molecule has 10 heteroatoms. The summed E-state index contributed by atoms with van der Waals surface area (Å²) in [6.45, 7) is 2.31. The molecule has 8 nitrogen and oxygen atoms in total. The molecule has 5 rings (SSSR count). The number of carbonyl (C=O) groups is 1. The zero-order valence-electron chi connectivity index (χ0n) is 18.9. The van der Waals surface area contributed by atoms with Gasteiger partial charge in [0.15, 0.2) is 6.10 Å². The number of amides is 1. The average molecular weight is 510 g/mol. The van der Waals surface area contributed by atoms with Gasteiger partial charge in [0, 0.05) is 12.2 Å². The van der Waals surface area contributed by atoms with Crippen molar-refractivity contribution in [1.82, 2.24) is 4.57 Å². The van der Waals surface area contributed by atoms with E-state index in [1.165, 1.54) is 4.31 Å². The number of thiazole rings is 1. The highest BCUT2D eigenvalue weighted by Crippen LogP contribution is 2.36. The van der Waals surface area contributed by atoms with Gasteiger partial charge in [-0.15, -0.1) is 0 Å². The maximum Gasteiger partial charge on any atom is 0.308 e. The first-order valence-electron chi connectivity index (χ1n) is 11.1. The van der Waals surface area contributed by atoms with E-state index in [1.807, 2.05) is 13.0 Å². The van der Waals surface area contributed by atoms with Crippen molar-refractivity contribution in [1.29, 1.82) is 0 Å². The van der Waals surface area contributed by atoms with Gasteiger partial charge in [0.1, 0.15) is 5.75 Å². The summed E-state index contributed by atoms with van der Waals surface area (Å²) >= 11 is 1.11. The van der Waals surface area contributed by atoms with Gasteiger partial charge < -0.3 is 10.1 Å². The molecule has 0 unspecified atom stereocenters. The van der Waals surface area contributed by atoms with Crippen molar-refractivity contribution in [3.05, 3.63) is 88.0 Å². The second-order valence-corrected chi connectivity index (χ2v) is 11.0. The summed E-state index contributed by atoms with van der Waals surface area (Å²) in [6, 6.07) is 20.9. The minimum absolute atomic E-state index is 0.0579. The monoisotopic (exact) mass is 509 g/mol. The number of sulfonamides is 1. The number of anilines is 2. The maximum atomic E-state index is 13.4. The van der Waals surface area contributed by atoms with E-state index in [9.17, 15) is 18.0 Å². The van der Waals surface area contributed by atoms with E-state index < -0.39 is 22.0 Å². The lowest BCUT2D eigenvalue weighted by atomic mass is 10.2. The number of aromatic nitrogens is 1. The number of hydrogen-bond donors (Lipinski definition) is 1. The first-order chi connectivity index (χ1) is 16.9. The van der Waals surface area contributed by atoms with Crippen LogP contribution < -0.4 is 19.2 Å². The van der Waals surface area contributed by atoms with Crippen LogP contribution >= 0.6 is 11.3 Å². The largest absolute Gasteiger partial charge is 0.476 e. The van der Waals surface area contributed by atoms with Gasteiger partial charge in [0.2, 0.25) is 10.0 Å². The van der Waals surface area contributed by atoms with E-state index in [4.69, 9.17) is 4.74 Å². The zero-order chi connectivity index (χ0) is 24.6. The Labute approximate surface area is 206 Å². The average Bonchev–Trinajstić information content (AvgIpc) is 3.17. The van der Waals surface area contributed by atoms with E-state index in [1.54, 1.807) is 71.3 Å². The summed E-state index contributed by atoms with van der Waals surface area (Å²) in [5.41, 5.74) is 2.37. The minimum Gasteiger partial charge on any atom is -0.476 e. The SMILES string of the molecule is CCn1c(=O)sc2cc(NC(=O)[C@H]3CN(S(=O)(=O)Cc4ccccc4)c4ccccc4O3)ccc21. The minimum atomic E-state index is -3.79. The number of aryl methyl sites for hydroxylation is 1. The van der Waals surface area contributed by atoms with E-state index in [0.717, 1.165) is 21.6 Å². The second kappa shape index (κ2) is 9.20. The summed E-state index contributed by atoms with van der Waals surface area (Å²) in [7, 11) is -3.79. The van der Waals surface area contributed by atoms with E-state index in [-0.39, 0.29) is 17.2 Å². The molecule has 2 heterocycles. The number of nitrogens with zero attached hydrogens (tertiary/aromatic N) is 2. The molecule has 1 N–H and O–H groups in total. The smallest absolute Gasteiger partial charge is 0.308 e. The third-order valence-electron chi connectivity index (χ3n) is 5.81. The normalized spacial score (nSPS) is 15.5. The van der Waals surface area contributed by atoms with Crippen LogP contribution in [0.2, 0.25) is 0 Å². The summed E-state index contributed by atoms with van der Waals surface area (Å²) in [6.07, 6.45) is -1.05. The summed E-state index contributed by atoms with van der Waals surface area (Å²) in [5.74, 6) is -0.342. The molecule has 0 fully saturated rings. The van der Waals surface area contributed by atoms with Crippen LogP contribution in [0.5, 0.6) is 5.75 Å². The number of nitrogens with one attached hydrogen (secondary N) is 1. The fourth-order valence-electron chi connectivity index (χ4n) is 4.13. The molecular weight excluding hydrogens is 486 g/mol. The van der Waals surface area contributed by atoms with Crippen LogP contribution in [0.1, 0.15) is 12.5 Å². The predicted octanol–water partition coefficient (Wildman–Crippen LogP) is 3.82. The lowest BCUT2D eigenvalue weighted by molar-refractivity contribution is -0.122. The summed E-state index contributed by atoms with van der Waals surface area (Å²) in [5, 5.41) is 2.81. The highest BCUT2D eigenvalue weighted by Gasteiger charge is 2.36. The molecule has 1 aliphatic rings. The first-order valence-corrected chi connectivity index (χ1v) is 13.5. The zero-order valence-corrected chi connectivity index (χ0v) is 20.5. The first kappa shape index (κ1) is 23.1. The van der Waals surface area contributed by atoms with Crippen LogP contribution in [0, 0.1) is 0 Å². The third-order valence-corrected chi connectivity index (χ3v) is 8.46. The van der Waals surface area contributed by atoms with Crippen LogP contribution in [0.4, 0.5) is 11.4 Å². The van der Waals surface area contributed by atoms with E-state index in [0.29, 0.717) is 29.2 Å². The molecule has 35 heavy (non-hydrogen) atoms. The van der Waals surface area contributed by atoms with Crippen LogP contribution in [0.15, 0.2) is 77.6 Å². The Morgan fingerprint density at radius 3 is 2.60 bits per heavy atom. The molecular formula is C25H23N3O5S2. The van der Waals surface area contributed by atoms with Crippen molar-refractivity contribution < 1.29 is 17.9 Å². The highest BCUT2D eigenvalue weighted by molar-refractivity contribution is 7.92. The van der Waals surface area contributed by atoms with Crippen molar-refractivity contribution in [3.63, 3.8) is 0 Å². The van der Waals surface area contributed by atoms with Gasteiger partial charge >= 0.3 is 4.87 Å². The van der Waals surface area contributed by atoms with E-state index in [2.05, 4.69) is 5.32 Å². The molecule has 180 valence electrons. The molecule has 1 amide bonds. The Morgan fingerprint density at radius 2 is 1.83 bits per heavy atom. The van der Waals surface area contributed by atoms with Crippen molar-refractivity contribution >= 4 is 48.9 Å². The molecule has 0 aliphatic carbocycles. The Kier molecular flexibility index (Phi) is 6.08. The predicted molar refractivity (Wildman–Crippen MR) is 138 cm³/mol. The Hall–Kier alpha value is -3.63. The van der Waals surface area contributed by atoms with E-state index >= 15 is 0 Å². The van der Waals surface area contributed by atoms with Gasteiger partial charge in [-0.1, -0.05) is 53.8 Å². The fraction of sp³-hybridized carbons (Fsp3) is 0.200. The van der Waals surface area contributed by atoms with Crippen LogP contribution in [-0.4, -0.2) is 31.5 Å². The van der Waals surface area contributed by atoms with Crippen molar-refractivity contribution in [2.45, 2.75) is 25.3 Å². The molecule has 1 aromatic heterocycles. The standard InChI is InChI=1S/C25H23N3O5S2/c1-2-27-20-13-12-18(14-23(20)34-25(27)30)26-24(29)22-15-28(19-10-6-7-11-21(19)33-22)35(31,32)16-17-8-4-3-5-9-17/h3-14,22H,2,15-16H2,1H3,(H,26,29)/t22-/m1/s1. The fourth-order valence-corrected chi connectivity index (χ4v) is 6.71. The van der Waals surface area contributed by atoms with Crippen molar-refractivity contribution in [2.75, 3.05) is 16.2 Å². The van der Waals surface area contributed by atoms with Gasteiger partial charge in [-0.25, -0.2) is 8.42 Å². The quantitative estimate of drug-likeness (QED) is 0.426. The lowest BCUT2D eigenvalue weighted by Gasteiger charge is -2.34. The van der Waals surface area contributed by atoms with Crippen molar-refractivity contribution in [3.8, 4) is 5.75 Å². The number of ether oxygens (including phenoxy) is 1. The number of carbonyl (C=O) groups excluding carboxylic acids is 1. The number of para-hydroxylation sites is 2. The summed E-state index contributed by atoms with van der Waals surface area (Å²) in [4.78, 5) is 25.2. The molecule has 3 aromatic carbocycles. The van der Waals surface area contributed by atoms with Gasteiger partial charge in [-0.2, -0.15) is 0 Å². The van der Waals surface area contributed by atoms with Gasteiger partial charge in [0.05, 0.1) is 28.2 Å². The van der Waals surface area contributed by atoms with Crippen LogP contribution in [0.25, 0.3) is 10.2 Å². The van der Waals surface area contributed by atoms with Crippen LogP contribution in [0.3, 0.4) is 0 Å². The van der Waals surface area contributed by atoms with Gasteiger partial charge in [0.25, 0.3) is 5.91 Å².